The first-order valence-electron chi connectivity index (χ1n) is 6.99. The zero-order valence-corrected chi connectivity index (χ0v) is 13.4. The lowest BCUT2D eigenvalue weighted by Gasteiger charge is -2.18. The number of nitrogens with one attached hydrogen (secondary N) is 1. The maximum atomic E-state index is 12.4. The minimum atomic E-state index is -3.61. The zero-order chi connectivity index (χ0) is 15.6. The van der Waals surface area contributed by atoms with Crippen LogP contribution in [-0.4, -0.2) is 32.5 Å². The largest absolute Gasteiger partial charge is 0.355 e. The van der Waals surface area contributed by atoms with Gasteiger partial charge in [0, 0.05) is 25.3 Å². The number of benzene rings is 1. The summed E-state index contributed by atoms with van der Waals surface area (Å²) in [6, 6.07) is 12.0. The molecule has 3 rings (SSSR count). The highest BCUT2D eigenvalue weighted by molar-refractivity contribution is 7.89. The fraction of sp³-hybridized carbons (Fsp3) is 0.267. The summed E-state index contributed by atoms with van der Waals surface area (Å²) < 4.78 is 27.6. The maximum Gasteiger partial charge on any atom is 0.242 e. The lowest BCUT2D eigenvalue weighted by atomic mass is 10.3. The van der Waals surface area contributed by atoms with E-state index in [0.717, 1.165) is 18.8 Å². The Morgan fingerprint density at radius 1 is 1.18 bits per heavy atom. The van der Waals surface area contributed by atoms with Gasteiger partial charge in [-0.15, -0.1) is 0 Å². The summed E-state index contributed by atoms with van der Waals surface area (Å²) in [6.45, 7) is 1.37. The van der Waals surface area contributed by atoms with Gasteiger partial charge < -0.3 is 4.90 Å². The summed E-state index contributed by atoms with van der Waals surface area (Å²) in [4.78, 5) is 6.48. The van der Waals surface area contributed by atoms with Crippen LogP contribution < -0.4 is 9.62 Å². The minimum Gasteiger partial charge on any atom is -0.355 e. The van der Waals surface area contributed by atoms with Crippen molar-refractivity contribution in [2.75, 3.05) is 18.0 Å². The topological polar surface area (TPSA) is 62.3 Å². The molecule has 7 heteroatoms. The Morgan fingerprint density at radius 3 is 2.68 bits per heavy atom. The van der Waals surface area contributed by atoms with Crippen molar-refractivity contribution >= 4 is 27.4 Å². The fourth-order valence-electron chi connectivity index (χ4n) is 2.55. The molecule has 1 aliphatic rings. The van der Waals surface area contributed by atoms with E-state index in [1.54, 1.807) is 24.4 Å². The quantitative estimate of drug-likeness (QED) is 0.929. The maximum absolute atomic E-state index is 12.4. The Kier molecular flexibility index (Phi) is 4.33. The Hall–Kier alpha value is -1.63. The molecule has 5 nitrogen and oxygen atoms in total. The molecule has 1 aliphatic heterocycles. The van der Waals surface area contributed by atoms with Crippen molar-refractivity contribution in [1.82, 2.24) is 9.71 Å². The van der Waals surface area contributed by atoms with Crippen molar-refractivity contribution in [3.8, 4) is 0 Å². The predicted octanol–water partition coefficient (Wildman–Crippen LogP) is 2.29. The molecular weight excluding hydrogens is 322 g/mol. The SMILES string of the molecule is O=S(=O)(N[C@H]1CCN(c2ccccn2)C1)c1ccccc1Cl. The standard InChI is InChI=1S/C15H16ClN3O2S/c16-13-5-1-2-6-14(13)22(20,21)18-12-8-10-19(11-12)15-7-3-4-9-17-15/h1-7,9,12,18H,8,10-11H2/t12-/m0/s1. The highest BCUT2D eigenvalue weighted by Gasteiger charge is 2.28. The average molecular weight is 338 g/mol. The molecule has 1 aromatic heterocycles. The van der Waals surface area contributed by atoms with Gasteiger partial charge in [-0.2, -0.15) is 0 Å². The van der Waals surface area contributed by atoms with Gasteiger partial charge >= 0.3 is 0 Å². The monoisotopic (exact) mass is 337 g/mol. The third-order valence-corrected chi connectivity index (χ3v) is 5.63. The number of sulfonamides is 1. The molecule has 0 amide bonds. The van der Waals surface area contributed by atoms with E-state index in [-0.39, 0.29) is 16.0 Å². The van der Waals surface area contributed by atoms with Crippen LogP contribution in [0.15, 0.2) is 53.6 Å². The van der Waals surface area contributed by atoms with Crippen LogP contribution in [0.4, 0.5) is 5.82 Å². The summed E-state index contributed by atoms with van der Waals surface area (Å²) in [5.74, 6) is 0.863. The van der Waals surface area contributed by atoms with Crippen LogP contribution in [0.1, 0.15) is 6.42 Å². The van der Waals surface area contributed by atoms with Crippen molar-refractivity contribution in [2.45, 2.75) is 17.4 Å². The Labute approximate surface area is 135 Å². The van der Waals surface area contributed by atoms with Crippen molar-refractivity contribution in [1.29, 1.82) is 0 Å². The summed E-state index contributed by atoms with van der Waals surface area (Å²) in [7, 11) is -3.61. The van der Waals surface area contributed by atoms with Crippen LogP contribution in [0.5, 0.6) is 0 Å². The van der Waals surface area contributed by atoms with Gasteiger partial charge in [-0.25, -0.2) is 18.1 Å². The molecule has 0 bridgehead atoms. The van der Waals surface area contributed by atoms with Crippen LogP contribution in [0, 0.1) is 0 Å². The number of halogens is 1. The van der Waals surface area contributed by atoms with Crippen LogP contribution in [0.3, 0.4) is 0 Å². The van der Waals surface area contributed by atoms with E-state index in [1.165, 1.54) is 6.07 Å². The lowest BCUT2D eigenvalue weighted by Crippen LogP contribution is -2.37. The molecule has 1 atom stereocenters. The second kappa shape index (κ2) is 6.24. The minimum absolute atomic E-state index is 0.118. The Morgan fingerprint density at radius 2 is 1.95 bits per heavy atom. The number of hydrogen-bond donors (Lipinski definition) is 1. The third kappa shape index (κ3) is 3.24. The van der Waals surface area contributed by atoms with Gasteiger partial charge in [-0.1, -0.05) is 29.8 Å². The highest BCUT2D eigenvalue weighted by atomic mass is 35.5. The van der Waals surface area contributed by atoms with Crippen LogP contribution in [-0.2, 0) is 10.0 Å². The molecule has 1 fully saturated rings. The molecule has 1 saturated heterocycles. The van der Waals surface area contributed by atoms with E-state index >= 15 is 0 Å². The summed E-state index contributed by atoms with van der Waals surface area (Å²) in [6.07, 6.45) is 2.47. The summed E-state index contributed by atoms with van der Waals surface area (Å²) in [5, 5.41) is 0.231. The van der Waals surface area contributed by atoms with Crippen LogP contribution in [0.25, 0.3) is 0 Å². The molecule has 0 radical (unpaired) electrons. The number of rotatable bonds is 4. The number of nitrogens with zero attached hydrogens (tertiary/aromatic N) is 2. The average Bonchev–Trinajstić information content (AvgIpc) is 2.96. The van der Waals surface area contributed by atoms with Crippen LogP contribution in [0.2, 0.25) is 5.02 Å². The second-order valence-electron chi connectivity index (χ2n) is 5.17. The molecule has 2 heterocycles. The molecule has 1 N–H and O–H groups in total. The van der Waals surface area contributed by atoms with Crippen molar-refractivity contribution in [3.05, 3.63) is 53.7 Å². The molecule has 2 aromatic rings. The molecule has 0 unspecified atom stereocenters. The van der Waals surface area contributed by atoms with E-state index in [4.69, 9.17) is 11.6 Å². The van der Waals surface area contributed by atoms with Crippen LogP contribution >= 0.6 is 11.6 Å². The summed E-state index contributed by atoms with van der Waals surface area (Å²) >= 11 is 5.98. The van der Waals surface area contributed by atoms with E-state index in [2.05, 4.69) is 14.6 Å². The van der Waals surface area contributed by atoms with Gasteiger partial charge in [-0.3, -0.25) is 0 Å². The first-order valence-corrected chi connectivity index (χ1v) is 8.85. The molecule has 0 aliphatic carbocycles. The van der Waals surface area contributed by atoms with E-state index in [1.807, 2.05) is 18.2 Å². The van der Waals surface area contributed by atoms with Gasteiger partial charge in [0.2, 0.25) is 10.0 Å². The van der Waals surface area contributed by atoms with Gasteiger partial charge in [0.1, 0.15) is 10.7 Å². The van der Waals surface area contributed by atoms with Gasteiger partial charge in [-0.05, 0) is 30.7 Å². The first-order chi connectivity index (χ1) is 10.6. The zero-order valence-electron chi connectivity index (χ0n) is 11.8. The smallest absolute Gasteiger partial charge is 0.242 e. The van der Waals surface area contributed by atoms with Crippen molar-refractivity contribution in [2.24, 2.45) is 0 Å². The number of aromatic nitrogens is 1. The molecule has 1 aromatic carbocycles. The fourth-order valence-corrected chi connectivity index (χ4v) is 4.33. The molecular formula is C15H16ClN3O2S. The van der Waals surface area contributed by atoms with Gasteiger partial charge in [0.05, 0.1) is 5.02 Å². The van der Waals surface area contributed by atoms with Gasteiger partial charge in [0.15, 0.2) is 0 Å². The molecule has 0 saturated carbocycles. The second-order valence-corrected chi connectivity index (χ2v) is 7.26. The lowest BCUT2D eigenvalue weighted by molar-refractivity contribution is 0.561. The number of anilines is 1. The van der Waals surface area contributed by atoms with E-state index in [9.17, 15) is 8.42 Å². The van der Waals surface area contributed by atoms with Crippen molar-refractivity contribution in [3.63, 3.8) is 0 Å². The number of pyridine rings is 1. The predicted molar refractivity (Wildman–Crippen MR) is 86.6 cm³/mol. The Balaban J connectivity index is 1.71. The number of hydrogen-bond acceptors (Lipinski definition) is 4. The highest BCUT2D eigenvalue weighted by Crippen LogP contribution is 2.23. The first kappa shape index (κ1) is 15.3. The molecule has 22 heavy (non-hydrogen) atoms. The summed E-state index contributed by atoms with van der Waals surface area (Å²) in [5.41, 5.74) is 0. The van der Waals surface area contributed by atoms with Crippen molar-refractivity contribution < 1.29 is 8.42 Å². The molecule has 116 valence electrons. The normalized spacial score (nSPS) is 18.6. The van der Waals surface area contributed by atoms with Gasteiger partial charge in [0.25, 0.3) is 0 Å². The Bertz CT molecular complexity index is 752. The van der Waals surface area contributed by atoms with E-state index < -0.39 is 10.0 Å². The van der Waals surface area contributed by atoms with E-state index in [0.29, 0.717) is 6.54 Å². The molecule has 0 spiro atoms. The third-order valence-electron chi connectivity index (χ3n) is 3.61.